The zero-order chi connectivity index (χ0) is 13.7. The van der Waals surface area contributed by atoms with Crippen molar-refractivity contribution in [2.24, 2.45) is 0 Å². The molecule has 1 rings (SSSR count). The summed E-state index contributed by atoms with van der Waals surface area (Å²) in [5.74, 6) is -0.145. The molecule has 0 bridgehead atoms. The van der Waals surface area contributed by atoms with Crippen LogP contribution in [0.2, 0.25) is 0 Å². The summed E-state index contributed by atoms with van der Waals surface area (Å²) in [5.41, 5.74) is 0.710. The van der Waals surface area contributed by atoms with Crippen LogP contribution < -0.4 is 4.74 Å². The molecule has 0 aliphatic rings. The second-order valence-corrected chi connectivity index (χ2v) is 4.99. The van der Waals surface area contributed by atoms with Crippen molar-refractivity contribution in [3.8, 4) is 5.75 Å². The third-order valence-corrected chi connectivity index (χ3v) is 2.75. The van der Waals surface area contributed by atoms with E-state index in [9.17, 15) is 9.59 Å². The predicted octanol–water partition coefficient (Wildman–Crippen LogP) is 2.84. The number of halogens is 1. The summed E-state index contributed by atoms with van der Waals surface area (Å²) in [4.78, 5) is 23.2. The fraction of sp³-hybridized carbons (Fsp3) is 0.385. The van der Waals surface area contributed by atoms with E-state index in [2.05, 4.69) is 15.9 Å². The second kappa shape index (κ2) is 6.54. The minimum atomic E-state index is -0.448. The molecule has 1 aromatic carbocycles. The van der Waals surface area contributed by atoms with Gasteiger partial charge in [0.2, 0.25) is 0 Å². The molecule has 0 aromatic heterocycles. The summed E-state index contributed by atoms with van der Waals surface area (Å²) >= 11 is 3.21. The van der Waals surface area contributed by atoms with E-state index in [4.69, 9.17) is 9.47 Å². The first-order valence-corrected chi connectivity index (χ1v) is 6.46. The number of hydrogen-bond acceptors (Lipinski definition) is 4. The average Bonchev–Trinajstić information content (AvgIpc) is 2.37. The lowest BCUT2D eigenvalue weighted by atomic mass is 10.0. The SMILES string of the molecule is CCOC(=O)c1ccc(OC)c(C(=O)C(C)Br)c1. The van der Waals surface area contributed by atoms with Gasteiger partial charge >= 0.3 is 5.97 Å². The number of rotatable bonds is 5. The highest BCUT2D eigenvalue weighted by Crippen LogP contribution is 2.23. The number of benzene rings is 1. The van der Waals surface area contributed by atoms with Crippen LogP contribution >= 0.6 is 15.9 Å². The third-order valence-electron chi connectivity index (χ3n) is 2.34. The Labute approximate surface area is 114 Å². The van der Waals surface area contributed by atoms with Crippen LogP contribution in [0.25, 0.3) is 0 Å². The van der Waals surface area contributed by atoms with E-state index in [0.29, 0.717) is 23.5 Å². The Bertz CT molecular complexity index is 454. The molecule has 1 unspecified atom stereocenters. The number of methoxy groups -OCH3 is 1. The Morgan fingerprint density at radius 3 is 2.56 bits per heavy atom. The summed E-state index contributed by atoms with van der Waals surface area (Å²) in [7, 11) is 1.48. The van der Waals surface area contributed by atoms with Crippen molar-refractivity contribution in [2.45, 2.75) is 18.7 Å². The van der Waals surface area contributed by atoms with Crippen LogP contribution in [0.5, 0.6) is 5.75 Å². The van der Waals surface area contributed by atoms with Crippen molar-refractivity contribution in [1.29, 1.82) is 0 Å². The zero-order valence-corrected chi connectivity index (χ0v) is 12.1. The van der Waals surface area contributed by atoms with Gasteiger partial charge in [0.25, 0.3) is 0 Å². The molecule has 1 atom stereocenters. The van der Waals surface area contributed by atoms with Crippen molar-refractivity contribution in [3.05, 3.63) is 29.3 Å². The Balaban J connectivity index is 3.17. The van der Waals surface area contributed by atoms with Crippen molar-refractivity contribution in [3.63, 3.8) is 0 Å². The highest BCUT2D eigenvalue weighted by molar-refractivity contribution is 9.10. The van der Waals surface area contributed by atoms with Gasteiger partial charge in [-0.2, -0.15) is 0 Å². The van der Waals surface area contributed by atoms with E-state index in [1.807, 2.05) is 0 Å². The minimum absolute atomic E-state index is 0.141. The molecule has 0 aliphatic carbocycles. The van der Waals surface area contributed by atoms with E-state index in [1.165, 1.54) is 13.2 Å². The molecule has 0 spiro atoms. The zero-order valence-electron chi connectivity index (χ0n) is 10.5. The molecule has 1 aromatic rings. The molecule has 0 heterocycles. The number of ketones is 1. The molecule has 4 nitrogen and oxygen atoms in total. The van der Waals surface area contributed by atoms with Gasteiger partial charge < -0.3 is 9.47 Å². The predicted molar refractivity (Wildman–Crippen MR) is 71.7 cm³/mol. The summed E-state index contributed by atoms with van der Waals surface area (Å²) in [5, 5.41) is 0. The maximum atomic E-state index is 12.0. The fourth-order valence-corrected chi connectivity index (χ4v) is 1.70. The van der Waals surface area contributed by atoms with Crippen LogP contribution in [0, 0.1) is 0 Å². The Morgan fingerprint density at radius 1 is 1.39 bits per heavy atom. The molecule has 0 amide bonds. The summed E-state index contributed by atoms with van der Waals surface area (Å²) < 4.78 is 10.0. The number of carbonyl (C=O) groups is 2. The molecule has 0 aliphatic heterocycles. The van der Waals surface area contributed by atoms with Crippen molar-refractivity contribution < 1.29 is 19.1 Å². The smallest absolute Gasteiger partial charge is 0.338 e. The number of hydrogen-bond donors (Lipinski definition) is 0. The minimum Gasteiger partial charge on any atom is -0.496 e. The molecular formula is C13H15BrO4. The number of esters is 1. The highest BCUT2D eigenvalue weighted by Gasteiger charge is 2.19. The summed E-state index contributed by atoms with van der Waals surface area (Å²) in [6.45, 7) is 3.75. The molecule has 5 heteroatoms. The highest BCUT2D eigenvalue weighted by atomic mass is 79.9. The van der Waals surface area contributed by atoms with Gasteiger partial charge in [0.15, 0.2) is 5.78 Å². The Hall–Kier alpha value is -1.36. The standard InChI is InChI=1S/C13H15BrO4/c1-4-18-13(16)9-5-6-11(17-3)10(7-9)12(15)8(2)14/h5-8H,4H2,1-3H3. The Kier molecular flexibility index (Phi) is 5.34. The van der Waals surface area contributed by atoms with Crippen LogP contribution in [0.4, 0.5) is 0 Å². The van der Waals surface area contributed by atoms with Crippen molar-refractivity contribution in [1.82, 2.24) is 0 Å². The molecule has 0 saturated carbocycles. The first kappa shape index (κ1) is 14.7. The monoisotopic (exact) mass is 314 g/mol. The van der Waals surface area contributed by atoms with Crippen LogP contribution in [0.3, 0.4) is 0 Å². The van der Waals surface area contributed by atoms with Crippen molar-refractivity contribution in [2.75, 3.05) is 13.7 Å². The van der Waals surface area contributed by atoms with Gasteiger partial charge in [-0.25, -0.2) is 4.79 Å². The molecule has 18 heavy (non-hydrogen) atoms. The molecule has 0 fully saturated rings. The number of carbonyl (C=O) groups excluding carboxylic acids is 2. The number of ether oxygens (including phenoxy) is 2. The molecule has 98 valence electrons. The number of alkyl halides is 1. The summed E-state index contributed by atoms with van der Waals surface area (Å²) in [6.07, 6.45) is 0. The van der Waals surface area contributed by atoms with Crippen molar-refractivity contribution >= 4 is 27.7 Å². The van der Waals surface area contributed by atoms with Crippen LogP contribution in [-0.2, 0) is 4.74 Å². The van der Waals surface area contributed by atoms with E-state index in [1.54, 1.807) is 26.0 Å². The van der Waals surface area contributed by atoms with Gasteiger partial charge in [0.1, 0.15) is 5.75 Å². The first-order chi connectivity index (χ1) is 8.51. The average molecular weight is 315 g/mol. The van der Waals surface area contributed by atoms with Crippen LogP contribution in [-0.4, -0.2) is 30.3 Å². The van der Waals surface area contributed by atoms with Gasteiger partial charge in [0, 0.05) is 0 Å². The molecule has 0 saturated heterocycles. The van der Waals surface area contributed by atoms with E-state index in [0.717, 1.165) is 0 Å². The molecule has 0 radical (unpaired) electrons. The first-order valence-electron chi connectivity index (χ1n) is 5.54. The number of Topliss-reactive ketones (excluding diaryl/α,β-unsaturated/α-hetero) is 1. The van der Waals surface area contributed by atoms with Gasteiger partial charge in [-0.15, -0.1) is 0 Å². The maximum Gasteiger partial charge on any atom is 0.338 e. The van der Waals surface area contributed by atoms with Gasteiger partial charge in [-0.05, 0) is 32.0 Å². The topological polar surface area (TPSA) is 52.6 Å². The van der Waals surface area contributed by atoms with E-state index < -0.39 is 5.97 Å². The normalized spacial score (nSPS) is 11.8. The lowest BCUT2D eigenvalue weighted by Gasteiger charge is -2.10. The third kappa shape index (κ3) is 3.32. The van der Waals surface area contributed by atoms with Gasteiger partial charge in [-0.3, -0.25) is 4.79 Å². The fourth-order valence-electron chi connectivity index (χ4n) is 1.46. The largest absolute Gasteiger partial charge is 0.496 e. The Morgan fingerprint density at radius 2 is 2.06 bits per heavy atom. The lowest BCUT2D eigenvalue weighted by molar-refractivity contribution is 0.0526. The van der Waals surface area contributed by atoms with Crippen LogP contribution in [0.1, 0.15) is 34.6 Å². The van der Waals surface area contributed by atoms with E-state index in [-0.39, 0.29) is 10.6 Å². The van der Waals surface area contributed by atoms with Crippen LogP contribution in [0.15, 0.2) is 18.2 Å². The maximum absolute atomic E-state index is 12.0. The second-order valence-electron chi connectivity index (χ2n) is 3.62. The van der Waals surface area contributed by atoms with Gasteiger partial charge in [-0.1, -0.05) is 15.9 Å². The lowest BCUT2D eigenvalue weighted by Crippen LogP contribution is -2.13. The quantitative estimate of drug-likeness (QED) is 0.476. The summed E-state index contributed by atoms with van der Waals surface area (Å²) in [6, 6.07) is 4.66. The van der Waals surface area contributed by atoms with E-state index >= 15 is 0 Å². The molecular weight excluding hydrogens is 300 g/mol. The molecule has 0 N–H and O–H groups in total. The van der Waals surface area contributed by atoms with Gasteiger partial charge in [0.05, 0.1) is 29.7 Å².